The van der Waals surface area contributed by atoms with E-state index in [-0.39, 0.29) is 5.54 Å². The van der Waals surface area contributed by atoms with Crippen molar-refractivity contribution in [3.8, 4) is 0 Å². The normalized spacial score (nSPS) is 25.6. The summed E-state index contributed by atoms with van der Waals surface area (Å²) in [6.07, 6.45) is 6.20. The van der Waals surface area contributed by atoms with Crippen LogP contribution in [0, 0.1) is 0 Å². The van der Waals surface area contributed by atoms with Crippen LogP contribution in [-0.2, 0) is 4.79 Å². The number of hydrogen-bond acceptors (Lipinski definition) is 3. The van der Waals surface area contributed by atoms with Gasteiger partial charge in [0.2, 0.25) is 5.91 Å². The van der Waals surface area contributed by atoms with Gasteiger partial charge in [-0.3, -0.25) is 9.79 Å². The second-order valence-corrected chi connectivity index (χ2v) is 5.70. The molecule has 0 saturated heterocycles. The van der Waals surface area contributed by atoms with Gasteiger partial charge in [-0.15, -0.1) is 11.8 Å². The van der Waals surface area contributed by atoms with E-state index in [9.17, 15) is 4.79 Å². The van der Waals surface area contributed by atoms with Crippen LogP contribution in [0.2, 0.25) is 0 Å². The molecule has 1 unspecified atom stereocenters. The van der Waals surface area contributed by atoms with Crippen LogP contribution in [0.15, 0.2) is 40.9 Å². The van der Waals surface area contributed by atoms with Crippen molar-refractivity contribution in [1.82, 2.24) is 0 Å². The minimum atomic E-state index is -0.425. The van der Waals surface area contributed by atoms with Gasteiger partial charge in [0.25, 0.3) is 0 Å². The molecule has 18 heavy (non-hydrogen) atoms. The van der Waals surface area contributed by atoms with Crippen molar-refractivity contribution in [3.63, 3.8) is 0 Å². The second-order valence-electron chi connectivity index (χ2n) is 4.42. The highest BCUT2D eigenvalue weighted by Gasteiger charge is 2.29. The predicted molar refractivity (Wildman–Crippen MR) is 79.8 cm³/mol. The number of allylic oxidation sites excluding steroid dienone is 1. The Morgan fingerprint density at radius 3 is 2.72 bits per heavy atom. The number of thioether (sulfide) groups is 1. The van der Waals surface area contributed by atoms with E-state index in [0.717, 1.165) is 22.8 Å². The van der Waals surface area contributed by atoms with Crippen LogP contribution in [0.3, 0.4) is 0 Å². The molecule has 1 heterocycles. The van der Waals surface area contributed by atoms with E-state index < -0.39 is 5.91 Å². The molecule has 1 rings (SSSR count). The maximum Gasteiger partial charge on any atom is 0.248 e. The number of hydrogen-bond donors (Lipinski definition) is 1. The van der Waals surface area contributed by atoms with Crippen molar-refractivity contribution in [2.75, 3.05) is 5.75 Å². The second kappa shape index (κ2) is 6.05. The highest BCUT2D eigenvalue weighted by atomic mass is 32.2. The Morgan fingerprint density at radius 1 is 1.61 bits per heavy atom. The molecule has 0 aliphatic carbocycles. The molecule has 2 N–H and O–H groups in total. The first-order chi connectivity index (χ1) is 8.42. The molecular weight excluding hydrogens is 244 g/mol. The number of rotatable bonds is 4. The lowest BCUT2D eigenvalue weighted by Gasteiger charge is -2.31. The third kappa shape index (κ3) is 3.35. The summed E-state index contributed by atoms with van der Waals surface area (Å²) in [5.41, 5.74) is 6.46. The van der Waals surface area contributed by atoms with Gasteiger partial charge in [0.15, 0.2) is 0 Å². The predicted octanol–water partition coefficient (Wildman–Crippen LogP) is 2.84. The number of carbonyl (C=O) groups is 1. The molecule has 3 nitrogen and oxygen atoms in total. The maximum atomic E-state index is 11.3. The Bertz CT molecular complexity index is 449. The average molecular weight is 264 g/mol. The Kier molecular flexibility index (Phi) is 4.96. The summed E-state index contributed by atoms with van der Waals surface area (Å²) < 4.78 is 0. The van der Waals surface area contributed by atoms with Gasteiger partial charge < -0.3 is 5.73 Å². The van der Waals surface area contributed by atoms with Crippen molar-refractivity contribution >= 4 is 22.7 Å². The molecule has 98 valence electrons. The molecule has 4 heteroatoms. The molecule has 0 saturated carbocycles. The van der Waals surface area contributed by atoms with Gasteiger partial charge in [-0.05, 0) is 38.8 Å². The van der Waals surface area contributed by atoms with E-state index in [0.29, 0.717) is 5.57 Å². The van der Waals surface area contributed by atoms with E-state index in [4.69, 9.17) is 10.7 Å². The van der Waals surface area contributed by atoms with Crippen LogP contribution in [0.4, 0.5) is 0 Å². The van der Waals surface area contributed by atoms with Gasteiger partial charge in [0.05, 0.1) is 10.6 Å². The lowest BCUT2D eigenvalue weighted by molar-refractivity contribution is -0.114. The Morgan fingerprint density at radius 2 is 2.28 bits per heavy atom. The molecule has 0 radical (unpaired) electrons. The summed E-state index contributed by atoms with van der Waals surface area (Å²) in [7, 11) is 0. The van der Waals surface area contributed by atoms with Gasteiger partial charge in [0.1, 0.15) is 0 Å². The Labute approximate surface area is 113 Å². The fraction of sp³-hybridized carbons (Fsp3) is 0.429. The molecule has 1 amide bonds. The van der Waals surface area contributed by atoms with Crippen molar-refractivity contribution in [2.45, 2.75) is 32.7 Å². The number of nitrogens with two attached hydrogens (primary N) is 1. The highest BCUT2D eigenvalue weighted by molar-refractivity contribution is 8.13. The third-order valence-corrected chi connectivity index (χ3v) is 3.97. The van der Waals surface area contributed by atoms with Gasteiger partial charge in [0, 0.05) is 11.3 Å². The fourth-order valence-electron chi connectivity index (χ4n) is 1.94. The van der Waals surface area contributed by atoms with Gasteiger partial charge in [-0.25, -0.2) is 0 Å². The number of aliphatic imine (C=N–C) groups is 1. The van der Waals surface area contributed by atoms with Crippen molar-refractivity contribution in [1.29, 1.82) is 0 Å². The van der Waals surface area contributed by atoms with Crippen LogP contribution in [0.1, 0.15) is 27.2 Å². The molecule has 0 spiro atoms. The Balaban J connectivity index is 3.17. The summed E-state index contributed by atoms with van der Waals surface area (Å²) in [6, 6.07) is 0. The molecule has 0 aromatic rings. The van der Waals surface area contributed by atoms with Gasteiger partial charge in [-0.2, -0.15) is 0 Å². The molecular formula is C14H20N2OS. The van der Waals surface area contributed by atoms with E-state index >= 15 is 0 Å². The standard InChI is InChI=1S/C14H20N2OS/c1-5-11(13(15)17)9-12(6-2)14(4)7-8-18-10(3)16-14/h5-6,9H,2,7-8H2,1,3-4H3,(H2,15,17)/b11-5+,12-9+. The fourth-order valence-corrected chi connectivity index (χ4v) is 3.00. The van der Waals surface area contributed by atoms with Crippen LogP contribution < -0.4 is 5.73 Å². The first-order valence-corrected chi connectivity index (χ1v) is 6.91. The molecule has 0 fully saturated rings. The molecule has 0 aromatic carbocycles. The topological polar surface area (TPSA) is 55.5 Å². The third-order valence-electron chi connectivity index (χ3n) is 3.05. The largest absolute Gasteiger partial charge is 0.366 e. The SMILES string of the molecule is C=C/C(=C\C(=C/C)C(N)=O)C1(C)CCSC(C)=N1. The van der Waals surface area contributed by atoms with Crippen molar-refractivity contribution < 1.29 is 4.79 Å². The van der Waals surface area contributed by atoms with Gasteiger partial charge >= 0.3 is 0 Å². The molecule has 1 aliphatic rings. The Hall–Kier alpha value is -1.29. The number of amides is 1. The summed E-state index contributed by atoms with van der Waals surface area (Å²) in [5.74, 6) is 0.602. The minimum absolute atomic E-state index is 0.305. The van der Waals surface area contributed by atoms with Crippen LogP contribution >= 0.6 is 11.8 Å². The van der Waals surface area contributed by atoms with E-state index in [1.807, 2.05) is 6.92 Å². The summed E-state index contributed by atoms with van der Waals surface area (Å²) in [6.45, 7) is 9.70. The first-order valence-electron chi connectivity index (χ1n) is 5.93. The zero-order valence-corrected chi connectivity index (χ0v) is 12.0. The summed E-state index contributed by atoms with van der Waals surface area (Å²) in [5, 5.41) is 1.07. The molecule has 0 aromatic heterocycles. The van der Waals surface area contributed by atoms with Crippen LogP contribution in [0.5, 0.6) is 0 Å². The zero-order valence-electron chi connectivity index (χ0n) is 11.2. The van der Waals surface area contributed by atoms with E-state index in [1.54, 1.807) is 36.9 Å². The lowest BCUT2D eigenvalue weighted by Crippen LogP contribution is -2.29. The smallest absolute Gasteiger partial charge is 0.248 e. The van der Waals surface area contributed by atoms with Crippen molar-refractivity contribution in [2.24, 2.45) is 10.7 Å². The molecule has 0 bridgehead atoms. The molecule has 1 atom stereocenters. The quantitative estimate of drug-likeness (QED) is 0.627. The number of nitrogens with zero attached hydrogens (tertiary/aromatic N) is 1. The van der Waals surface area contributed by atoms with Gasteiger partial charge in [-0.1, -0.05) is 18.7 Å². The first kappa shape index (κ1) is 14.8. The monoisotopic (exact) mass is 264 g/mol. The van der Waals surface area contributed by atoms with E-state index in [2.05, 4.69) is 13.5 Å². The number of carbonyl (C=O) groups excluding carboxylic acids is 1. The molecule has 1 aliphatic heterocycles. The maximum absolute atomic E-state index is 11.3. The summed E-state index contributed by atoms with van der Waals surface area (Å²) >= 11 is 1.76. The summed E-state index contributed by atoms with van der Waals surface area (Å²) in [4.78, 5) is 16.0. The van der Waals surface area contributed by atoms with Crippen LogP contribution in [-0.4, -0.2) is 22.2 Å². The lowest BCUT2D eigenvalue weighted by atomic mass is 9.87. The zero-order chi connectivity index (χ0) is 13.8. The highest BCUT2D eigenvalue weighted by Crippen LogP contribution is 2.34. The van der Waals surface area contributed by atoms with Crippen LogP contribution in [0.25, 0.3) is 0 Å². The minimum Gasteiger partial charge on any atom is -0.366 e. The average Bonchev–Trinajstić information content (AvgIpc) is 2.29. The number of primary amides is 1. The van der Waals surface area contributed by atoms with Crippen molar-refractivity contribution in [3.05, 3.63) is 36.0 Å². The van der Waals surface area contributed by atoms with E-state index in [1.165, 1.54) is 0 Å².